The zero-order valence-corrected chi connectivity index (χ0v) is 13.1. The lowest BCUT2D eigenvalue weighted by Gasteiger charge is -2.39. The standard InChI is InChI=1S/C14H20N2O4S/c1-10(17)11-5-4-6-12(9-11)21(19,20)16-8-7-15-13(18)14(16,2)3/h4-6,9-10,17H,7-8H2,1-3H3,(H,15,18). The molecule has 116 valence electrons. The molecule has 0 bridgehead atoms. The van der Waals surface area contributed by atoms with Crippen molar-refractivity contribution in [3.05, 3.63) is 29.8 Å². The van der Waals surface area contributed by atoms with E-state index in [1.54, 1.807) is 32.9 Å². The SMILES string of the molecule is CC(O)c1cccc(S(=O)(=O)N2CCNC(=O)C2(C)C)c1. The maximum atomic E-state index is 12.8. The van der Waals surface area contributed by atoms with Gasteiger partial charge in [-0.2, -0.15) is 4.31 Å². The molecule has 1 atom stereocenters. The quantitative estimate of drug-likeness (QED) is 0.857. The molecular formula is C14H20N2O4S. The van der Waals surface area contributed by atoms with Gasteiger partial charge in [-0.25, -0.2) is 8.42 Å². The van der Waals surface area contributed by atoms with Crippen molar-refractivity contribution in [2.24, 2.45) is 0 Å². The average molecular weight is 312 g/mol. The van der Waals surface area contributed by atoms with Crippen LogP contribution in [0, 0.1) is 0 Å². The van der Waals surface area contributed by atoms with Crippen LogP contribution in [0.2, 0.25) is 0 Å². The van der Waals surface area contributed by atoms with Crippen LogP contribution in [0.15, 0.2) is 29.2 Å². The predicted molar refractivity (Wildman–Crippen MR) is 78.1 cm³/mol. The Morgan fingerprint density at radius 2 is 2.05 bits per heavy atom. The first kappa shape index (κ1) is 15.9. The summed E-state index contributed by atoms with van der Waals surface area (Å²) >= 11 is 0. The molecule has 0 aromatic heterocycles. The molecule has 0 radical (unpaired) electrons. The van der Waals surface area contributed by atoms with Gasteiger partial charge >= 0.3 is 0 Å². The highest BCUT2D eigenvalue weighted by molar-refractivity contribution is 7.89. The van der Waals surface area contributed by atoms with E-state index < -0.39 is 21.7 Å². The number of rotatable bonds is 3. The summed E-state index contributed by atoms with van der Waals surface area (Å²) in [6, 6.07) is 6.18. The van der Waals surface area contributed by atoms with Crippen LogP contribution in [0.3, 0.4) is 0 Å². The van der Waals surface area contributed by atoms with Crippen molar-refractivity contribution >= 4 is 15.9 Å². The average Bonchev–Trinajstić information content (AvgIpc) is 2.41. The number of piperazine rings is 1. The van der Waals surface area contributed by atoms with Crippen molar-refractivity contribution in [2.45, 2.75) is 37.3 Å². The van der Waals surface area contributed by atoms with Gasteiger partial charge in [0.2, 0.25) is 15.9 Å². The second kappa shape index (κ2) is 5.40. The molecule has 1 aromatic rings. The van der Waals surface area contributed by atoms with Crippen LogP contribution >= 0.6 is 0 Å². The van der Waals surface area contributed by atoms with Crippen LogP contribution in [0.4, 0.5) is 0 Å². The number of nitrogens with one attached hydrogen (secondary N) is 1. The Balaban J connectivity index is 2.46. The minimum Gasteiger partial charge on any atom is -0.389 e. The fourth-order valence-electron chi connectivity index (χ4n) is 2.36. The molecule has 0 saturated carbocycles. The first-order chi connectivity index (χ1) is 9.67. The molecule has 21 heavy (non-hydrogen) atoms. The monoisotopic (exact) mass is 312 g/mol. The first-order valence-electron chi connectivity index (χ1n) is 6.76. The van der Waals surface area contributed by atoms with Gasteiger partial charge in [-0.15, -0.1) is 0 Å². The van der Waals surface area contributed by atoms with Crippen LogP contribution in [0.5, 0.6) is 0 Å². The number of benzene rings is 1. The summed E-state index contributed by atoms with van der Waals surface area (Å²) in [5, 5.41) is 12.3. The zero-order valence-electron chi connectivity index (χ0n) is 12.3. The van der Waals surface area contributed by atoms with Gasteiger partial charge in [-0.05, 0) is 38.5 Å². The molecule has 2 rings (SSSR count). The number of hydrogen-bond acceptors (Lipinski definition) is 4. The van der Waals surface area contributed by atoms with Crippen LogP contribution < -0.4 is 5.32 Å². The minimum absolute atomic E-state index is 0.0867. The third-order valence-electron chi connectivity index (χ3n) is 3.71. The Kier molecular flexibility index (Phi) is 4.10. The number of nitrogens with zero attached hydrogens (tertiary/aromatic N) is 1. The van der Waals surface area contributed by atoms with Gasteiger partial charge in [0, 0.05) is 13.1 Å². The van der Waals surface area contributed by atoms with Gasteiger partial charge in [0.15, 0.2) is 0 Å². The maximum absolute atomic E-state index is 12.8. The van der Waals surface area contributed by atoms with Crippen molar-refractivity contribution in [1.82, 2.24) is 9.62 Å². The summed E-state index contributed by atoms with van der Waals surface area (Å²) in [5.74, 6) is -0.316. The van der Waals surface area contributed by atoms with Crippen molar-refractivity contribution in [3.8, 4) is 0 Å². The van der Waals surface area contributed by atoms with Gasteiger partial charge in [0.1, 0.15) is 5.54 Å². The van der Waals surface area contributed by atoms with E-state index in [1.165, 1.54) is 16.4 Å². The molecule has 1 aromatic carbocycles. The number of amides is 1. The number of aliphatic hydroxyl groups is 1. The number of sulfonamides is 1. The largest absolute Gasteiger partial charge is 0.389 e. The molecular weight excluding hydrogens is 292 g/mol. The van der Waals surface area contributed by atoms with Crippen LogP contribution in [-0.4, -0.2) is 42.4 Å². The van der Waals surface area contributed by atoms with Gasteiger partial charge in [0.05, 0.1) is 11.0 Å². The molecule has 0 aliphatic carbocycles. The number of carbonyl (C=O) groups is 1. The molecule has 1 fully saturated rings. The fourth-order valence-corrected chi connectivity index (χ4v) is 4.17. The molecule has 7 heteroatoms. The van der Waals surface area contributed by atoms with E-state index in [4.69, 9.17) is 0 Å². The van der Waals surface area contributed by atoms with E-state index >= 15 is 0 Å². The second-order valence-corrected chi connectivity index (χ2v) is 7.50. The number of hydrogen-bond donors (Lipinski definition) is 2. The molecule has 1 amide bonds. The van der Waals surface area contributed by atoms with E-state index in [1.807, 2.05) is 0 Å². The molecule has 6 nitrogen and oxygen atoms in total. The Hall–Kier alpha value is -1.44. The minimum atomic E-state index is -3.80. The molecule has 1 aliphatic rings. The smallest absolute Gasteiger partial charge is 0.244 e. The Morgan fingerprint density at radius 3 is 2.67 bits per heavy atom. The lowest BCUT2D eigenvalue weighted by Crippen LogP contribution is -2.63. The number of carbonyl (C=O) groups excluding carboxylic acids is 1. The normalized spacial score (nSPS) is 20.9. The predicted octanol–water partition coefficient (Wildman–Crippen LogP) is 0.639. The lowest BCUT2D eigenvalue weighted by atomic mass is 10.0. The topological polar surface area (TPSA) is 86.7 Å². The third-order valence-corrected chi connectivity index (χ3v) is 5.78. The first-order valence-corrected chi connectivity index (χ1v) is 8.20. The van der Waals surface area contributed by atoms with E-state index in [9.17, 15) is 18.3 Å². The van der Waals surface area contributed by atoms with E-state index in [0.29, 0.717) is 5.56 Å². The highest BCUT2D eigenvalue weighted by Crippen LogP contribution is 2.27. The summed E-state index contributed by atoms with van der Waals surface area (Å²) in [7, 11) is -3.80. The summed E-state index contributed by atoms with van der Waals surface area (Å²) in [6.45, 7) is 5.25. The van der Waals surface area contributed by atoms with Gasteiger partial charge in [-0.1, -0.05) is 12.1 Å². The maximum Gasteiger partial charge on any atom is 0.244 e. The van der Waals surface area contributed by atoms with Gasteiger partial charge < -0.3 is 10.4 Å². The van der Waals surface area contributed by atoms with Crippen molar-refractivity contribution in [2.75, 3.05) is 13.1 Å². The summed E-state index contributed by atoms with van der Waals surface area (Å²) in [4.78, 5) is 12.0. The molecule has 1 saturated heterocycles. The van der Waals surface area contributed by atoms with Crippen LogP contribution in [0.1, 0.15) is 32.4 Å². The zero-order chi connectivity index (χ0) is 15.8. The van der Waals surface area contributed by atoms with Gasteiger partial charge in [-0.3, -0.25) is 4.79 Å². The second-order valence-electron chi connectivity index (χ2n) is 5.64. The van der Waals surface area contributed by atoms with E-state index in [0.717, 1.165) is 0 Å². The van der Waals surface area contributed by atoms with Crippen LogP contribution in [0.25, 0.3) is 0 Å². The summed E-state index contributed by atoms with van der Waals surface area (Å²) in [6.07, 6.45) is -0.752. The molecule has 1 unspecified atom stereocenters. The molecule has 1 heterocycles. The summed E-state index contributed by atoms with van der Waals surface area (Å²) < 4.78 is 26.8. The summed E-state index contributed by atoms with van der Waals surface area (Å²) in [5.41, 5.74) is -0.617. The van der Waals surface area contributed by atoms with Crippen molar-refractivity contribution in [1.29, 1.82) is 0 Å². The molecule has 0 spiro atoms. The Bertz CT molecular complexity index is 653. The van der Waals surface area contributed by atoms with E-state index in [2.05, 4.69) is 5.32 Å². The highest BCUT2D eigenvalue weighted by Gasteiger charge is 2.44. The third kappa shape index (κ3) is 2.81. The van der Waals surface area contributed by atoms with Crippen LogP contribution in [-0.2, 0) is 14.8 Å². The Morgan fingerprint density at radius 1 is 1.38 bits per heavy atom. The van der Waals surface area contributed by atoms with Crippen molar-refractivity contribution in [3.63, 3.8) is 0 Å². The van der Waals surface area contributed by atoms with Gasteiger partial charge in [0.25, 0.3) is 0 Å². The lowest BCUT2D eigenvalue weighted by molar-refractivity contribution is -0.131. The Labute approximate surface area is 124 Å². The number of aliphatic hydroxyl groups excluding tert-OH is 1. The van der Waals surface area contributed by atoms with Crippen molar-refractivity contribution < 1.29 is 18.3 Å². The molecule has 1 aliphatic heterocycles. The van der Waals surface area contributed by atoms with E-state index in [-0.39, 0.29) is 23.9 Å². The fraction of sp³-hybridized carbons (Fsp3) is 0.500. The molecule has 2 N–H and O–H groups in total. The highest BCUT2D eigenvalue weighted by atomic mass is 32.2.